The van der Waals surface area contributed by atoms with Crippen LogP contribution in [0, 0.1) is 0 Å². The number of aromatic nitrogens is 1. The van der Waals surface area contributed by atoms with Gasteiger partial charge in [-0.2, -0.15) is 4.40 Å². The molecule has 0 saturated heterocycles. The van der Waals surface area contributed by atoms with Gasteiger partial charge in [0, 0.05) is 17.2 Å². The van der Waals surface area contributed by atoms with Crippen molar-refractivity contribution in [2.45, 2.75) is 25.5 Å². The number of benzene rings is 1. The summed E-state index contributed by atoms with van der Waals surface area (Å²) in [7, 11) is -1.30. The zero-order chi connectivity index (χ0) is 14.0. The van der Waals surface area contributed by atoms with Crippen LogP contribution in [-0.2, 0) is 11.0 Å². The molecule has 0 aliphatic rings. The molecule has 1 unspecified atom stereocenters. The minimum atomic E-state index is -1.30. The van der Waals surface area contributed by atoms with Crippen LogP contribution in [-0.4, -0.2) is 20.2 Å². The summed E-state index contributed by atoms with van der Waals surface area (Å²) < 4.78 is 15.5. The Morgan fingerprint density at radius 1 is 1.32 bits per heavy atom. The van der Waals surface area contributed by atoms with Crippen LogP contribution in [0.5, 0.6) is 0 Å². The lowest BCUT2D eigenvalue weighted by atomic mass is 10.2. The fraction of sp³-hybridized carbons (Fsp3) is 0.286. The van der Waals surface area contributed by atoms with Gasteiger partial charge < -0.3 is 0 Å². The Labute approximate surface area is 120 Å². The maximum Gasteiger partial charge on any atom is 0.144 e. The molecule has 0 bridgehead atoms. The molecule has 5 heteroatoms. The normalized spacial score (nSPS) is 14.1. The highest BCUT2D eigenvalue weighted by molar-refractivity contribution is 7.85. The molecule has 0 saturated carbocycles. The Balaban J connectivity index is 2.38. The Hall–Kier alpha value is -1.26. The molecule has 0 N–H and O–H groups in total. The number of para-hydroxylation sites is 1. The first-order valence-corrected chi connectivity index (χ1v) is 7.38. The van der Waals surface area contributed by atoms with Crippen molar-refractivity contribution >= 4 is 39.7 Å². The molecule has 1 aromatic heterocycles. The third-order valence-electron chi connectivity index (χ3n) is 2.52. The first-order valence-electron chi connectivity index (χ1n) is 5.89. The van der Waals surface area contributed by atoms with Crippen LogP contribution in [0.15, 0.2) is 34.7 Å². The van der Waals surface area contributed by atoms with Crippen LogP contribution < -0.4 is 0 Å². The smallest absolute Gasteiger partial charge is 0.144 e. The molecule has 2 aromatic rings. The second kappa shape index (κ2) is 5.39. The van der Waals surface area contributed by atoms with Crippen molar-refractivity contribution in [1.82, 2.24) is 4.98 Å². The molecule has 1 heterocycles. The summed E-state index contributed by atoms with van der Waals surface area (Å²) in [6.45, 7) is 5.63. The molecule has 0 radical (unpaired) electrons. The van der Waals surface area contributed by atoms with Gasteiger partial charge >= 0.3 is 0 Å². The molecule has 0 amide bonds. The van der Waals surface area contributed by atoms with Crippen LogP contribution in [0.4, 0.5) is 0 Å². The van der Waals surface area contributed by atoms with Gasteiger partial charge in [-0.3, -0.25) is 0 Å². The fourth-order valence-electron chi connectivity index (χ4n) is 1.46. The first-order chi connectivity index (χ1) is 8.88. The van der Waals surface area contributed by atoms with Gasteiger partial charge in [-0.1, -0.05) is 29.8 Å². The zero-order valence-corrected chi connectivity index (χ0v) is 12.6. The van der Waals surface area contributed by atoms with Crippen molar-refractivity contribution in [1.29, 1.82) is 0 Å². The van der Waals surface area contributed by atoms with E-state index in [-0.39, 0.29) is 4.75 Å². The van der Waals surface area contributed by atoms with E-state index in [0.29, 0.717) is 10.7 Å². The molecule has 0 aliphatic carbocycles. The van der Waals surface area contributed by atoms with Gasteiger partial charge in [0.1, 0.15) is 16.1 Å². The molecule has 0 fully saturated rings. The molecular weight excluding hydrogens is 280 g/mol. The van der Waals surface area contributed by atoms with Crippen LogP contribution in [0.3, 0.4) is 0 Å². The lowest BCUT2D eigenvalue weighted by Crippen LogP contribution is -2.19. The predicted molar refractivity (Wildman–Crippen MR) is 82.2 cm³/mol. The van der Waals surface area contributed by atoms with Gasteiger partial charge in [0.15, 0.2) is 0 Å². The summed E-state index contributed by atoms with van der Waals surface area (Å²) in [5, 5.41) is 1.35. The predicted octanol–water partition coefficient (Wildman–Crippen LogP) is 3.77. The second-order valence-electron chi connectivity index (χ2n) is 5.16. The molecule has 100 valence electrons. The number of halogens is 1. The largest absolute Gasteiger partial charge is 0.235 e. The molecular formula is C14H15ClN2OS. The van der Waals surface area contributed by atoms with E-state index in [4.69, 9.17) is 11.6 Å². The fourth-order valence-corrected chi connectivity index (χ4v) is 2.18. The molecule has 1 atom stereocenters. The van der Waals surface area contributed by atoms with E-state index in [1.54, 1.807) is 0 Å². The maximum absolute atomic E-state index is 11.9. The second-order valence-corrected chi connectivity index (χ2v) is 7.45. The molecule has 0 spiro atoms. The van der Waals surface area contributed by atoms with Crippen LogP contribution in [0.2, 0.25) is 5.15 Å². The van der Waals surface area contributed by atoms with Crippen molar-refractivity contribution in [3.63, 3.8) is 0 Å². The van der Waals surface area contributed by atoms with E-state index < -0.39 is 11.0 Å². The van der Waals surface area contributed by atoms with Crippen molar-refractivity contribution in [2.75, 3.05) is 0 Å². The van der Waals surface area contributed by atoms with E-state index in [2.05, 4.69) is 9.38 Å². The van der Waals surface area contributed by atoms with Gasteiger partial charge in [-0.05, 0) is 32.9 Å². The SMILES string of the molecule is CC(C)(C)S(=O)N=Cc1cc2ccccc2nc1Cl. The number of fused-ring (bicyclic) bond motifs is 1. The molecule has 1 aromatic carbocycles. The van der Waals surface area contributed by atoms with Crippen LogP contribution in [0.1, 0.15) is 26.3 Å². The van der Waals surface area contributed by atoms with E-state index in [0.717, 1.165) is 10.9 Å². The zero-order valence-electron chi connectivity index (χ0n) is 11.1. The van der Waals surface area contributed by atoms with Gasteiger partial charge in [-0.25, -0.2) is 9.19 Å². The van der Waals surface area contributed by atoms with E-state index in [1.807, 2.05) is 51.1 Å². The van der Waals surface area contributed by atoms with Crippen molar-refractivity contribution in [3.05, 3.63) is 41.0 Å². The topological polar surface area (TPSA) is 42.3 Å². The Kier molecular flexibility index (Phi) is 4.02. The Morgan fingerprint density at radius 3 is 2.68 bits per heavy atom. The minimum Gasteiger partial charge on any atom is -0.235 e. The number of hydrogen-bond donors (Lipinski definition) is 0. The molecule has 2 rings (SSSR count). The number of pyridine rings is 1. The maximum atomic E-state index is 11.9. The first kappa shape index (κ1) is 14.2. The molecule has 3 nitrogen and oxygen atoms in total. The van der Waals surface area contributed by atoms with Crippen molar-refractivity contribution < 1.29 is 4.21 Å². The number of nitrogens with zero attached hydrogens (tertiary/aromatic N) is 2. The average molecular weight is 295 g/mol. The highest BCUT2D eigenvalue weighted by Gasteiger charge is 2.18. The van der Waals surface area contributed by atoms with Gasteiger partial charge in [0.2, 0.25) is 0 Å². The summed E-state index contributed by atoms with van der Waals surface area (Å²) in [6.07, 6.45) is 1.53. The highest BCUT2D eigenvalue weighted by atomic mass is 35.5. The molecule has 19 heavy (non-hydrogen) atoms. The summed E-state index contributed by atoms with van der Waals surface area (Å²) in [5.41, 5.74) is 1.51. The summed E-state index contributed by atoms with van der Waals surface area (Å²) in [4.78, 5) is 4.29. The Bertz CT molecular complexity index is 662. The lowest BCUT2D eigenvalue weighted by molar-refractivity contribution is 0.651. The van der Waals surface area contributed by atoms with E-state index >= 15 is 0 Å². The third-order valence-corrected chi connectivity index (χ3v) is 4.16. The van der Waals surface area contributed by atoms with Crippen LogP contribution in [0.25, 0.3) is 10.9 Å². The van der Waals surface area contributed by atoms with E-state index in [9.17, 15) is 4.21 Å². The molecule has 0 aliphatic heterocycles. The van der Waals surface area contributed by atoms with Crippen molar-refractivity contribution in [2.24, 2.45) is 4.40 Å². The number of hydrogen-bond acceptors (Lipinski definition) is 2. The van der Waals surface area contributed by atoms with Gasteiger partial charge in [0.25, 0.3) is 0 Å². The van der Waals surface area contributed by atoms with Gasteiger partial charge in [0.05, 0.1) is 10.3 Å². The Morgan fingerprint density at radius 2 is 2.00 bits per heavy atom. The average Bonchev–Trinajstić information content (AvgIpc) is 2.34. The lowest BCUT2D eigenvalue weighted by Gasteiger charge is -2.12. The summed E-state index contributed by atoms with van der Waals surface area (Å²) in [5.74, 6) is 0. The van der Waals surface area contributed by atoms with Gasteiger partial charge in [-0.15, -0.1) is 0 Å². The monoisotopic (exact) mass is 294 g/mol. The third kappa shape index (κ3) is 3.39. The highest BCUT2D eigenvalue weighted by Crippen LogP contribution is 2.20. The number of rotatable bonds is 2. The minimum absolute atomic E-state index is 0.369. The van der Waals surface area contributed by atoms with Crippen LogP contribution >= 0.6 is 11.6 Å². The quantitative estimate of drug-likeness (QED) is 0.625. The van der Waals surface area contributed by atoms with Crippen molar-refractivity contribution in [3.8, 4) is 0 Å². The summed E-state index contributed by atoms with van der Waals surface area (Å²) in [6, 6.07) is 9.60. The van der Waals surface area contributed by atoms with E-state index in [1.165, 1.54) is 6.21 Å². The standard InChI is InChI=1S/C14H15ClN2OS/c1-14(2,3)19(18)16-9-11-8-10-6-4-5-7-12(10)17-13(11)15/h4-9H,1-3H3. The summed E-state index contributed by atoms with van der Waals surface area (Å²) >= 11 is 6.10.